The lowest BCUT2D eigenvalue weighted by molar-refractivity contribution is -0.140. The number of ether oxygens (including phenoxy) is 1. The first-order valence-corrected chi connectivity index (χ1v) is 11.0. The number of hydrogen-bond acceptors (Lipinski definition) is 6. The van der Waals surface area contributed by atoms with Gasteiger partial charge in [0, 0.05) is 7.97 Å². The van der Waals surface area contributed by atoms with Crippen LogP contribution in [-0.2, 0) is 34.5 Å². The number of phosphoric acid groups is 1. The number of carbonyl (C=O) groups excluding carboxylic acids is 2. The Morgan fingerprint density at radius 3 is 2.24 bits per heavy atom. The van der Waals surface area contributed by atoms with Gasteiger partial charge < -0.3 is 14.9 Å². The van der Waals surface area contributed by atoms with Gasteiger partial charge in [-0.1, -0.05) is 71.4 Å². The Morgan fingerprint density at radius 1 is 1.21 bits per heavy atom. The quantitative estimate of drug-likeness (QED) is 0.446. The number of esters is 1. The third-order valence-corrected chi connectivity index (χ3v) is 4.29. The van der Waals surface area contributed by atoms with Crippen molar-refractivity contribution in [1.29, 1.82) is 0 Å². The van der Waals surface area contributed by atoms with Crippen molar-refractivity contribution in [1.82, 2.24) is 5.32 Å². The molecule has 8 nitrogen and oxygen atoms in total. The Hall–Kier alpha value is -1.73. The molecule has 29 heavy (non-hydrogen) atoms. The predicted octanol–water partition coefficient (Wildman–Crippen LogP) is 4.08. The van der Waals surface area contributed by atoms with Gasteiger partial charge in [0.15, 0.2) is 6.10 Å². The number of rotatable bonds is 9. The van der Waals surface area contributed by atoms with Gasteiger partial charge in [-0.15, -0.1) is 0 Å². The number of nitrogens with one attached hydrogen (secondary N) is 1. The second-order valence-corrected chi connectivity index (χ2v) is 8.81. The molecule has 168 valence electrons. The van der Waals surface area contributed by atoms with E-state index in [1.165, 1.54) is 13.5 Å². The first kappa shape index (κ1) is 27.3. The average Bonchev–Trinajstić information content (AvgIpc) is 2.65. The van der Waals surface area contributed by atoms with E-state index in [0.717, 1.165) is 0 Å². The van der Waals surface area contributed by atoms with Crippen LogP contribution in [0.15, 0.2) is 30.3 Å². The van der Waals surface area contributed by atoms with Gasteiger partial charge in [0.2, 0.25) is 5.91 Å². The van der Waals surface area contributed by atoms with Crippen molar-refractivity contribution in [2.75, 3.05) is 13.7 Å². The zero-order valence-corrected chi connectivity index (χ0v) is 19.0. The first-order chi connectivity index (χ1) is 13.5. The lowest BCUT2D eigenvalue weighted by Crippen LogP contribution is -2.44. The van der Waals surface area contributed by atoms with Gasteiger partial charge in [-0.25, -0.2) is 4.57 Å². The van der Waals surface area contributed by atoms with Crippen LogP contribution in [0.25, 0.3) is 0 Å². The van der Waals surface area contributed by atoms with Gasteiger partial charge in [-0.2, -0.15) is 0 Å². The van der Waals surface area contributed by atoms with Crippen molar-refractivity contribution in [3.05, 3.63) is 35.9 Å². The Bertz CT molecular complexity index is 665. The van der Waals surface area contributed by atoms with E-state index < -0.39 is 31.2 Å². The number of hydrogen-bond donors (Lipinski definition) is 2. The topological polar surface area (TPSA) is 111 Å². The van der Waals surface area contributed by atoms with Gasteiger partial charge in [0.25, 0.3) is 0 Å². The Kier molecular flexibility index (Phi) is 12.7. The second kappa shape index (κ2) is 13.5. The maximum absolute atomic E-state index is 12.3. The van der Waals surface area contributed by atoms with Gasteiger partial charge >= 0.3 is 13.8 Å². The van der Waals surface area contributed by atoms with Crippen LogP contribution in [0, 0.1) is 5.41 Å². The molecule has 0 heterocycles. The molecule has 1 aromatic rings. The van der Waals surface area contributed by atoms with Crippen LogP contribution in [0.4, 0.5) is 0 Å². The summed E-state index contributed by atoms with van der Waals surface area (Å²) >= 11 is 0. The maximum Gasteiger partial charge on any atom is 0.473 e. The highest BCUT2D eigenvalue weighted by atomic mass is 31.2. The highest BCUT2D eigenvalue weighted by molar-refractivity contribution is 7.47. The van der Waals surface area contributed by atoms with E-state index in [4.69, 9.17) is 9.05 Å². The molecule has 0 aliphatic heterocycles. The average molecular weight is 433 g/mol. The molecule has 1 amide bonds. The number of methoxy groups -OCH3 is 1. The van der Waals surface area contributed by atoms with Crippen LogP contribution in [0.3, 0.4) is 0 Å². The number of amides is 1. The molecule has 0 saturated carbocycles. The molecule has 0 aliphatic carbocycles. The summed E-state index contributed by atoms with van der Waals surface area (Å²) in [6, 6.07) is 8.83. The molecule has 0 aromatic heterocycles. The minimum absolute atomic E-state index is 0. The molecular formula is C20H36NO7P. The molecule has 0 fully saturated rings. The molecular weight excluding hydrogens is 397 g/mol. The maximum atomic E-state index is 12.3. The Morgan fingerprint density at radius 2 is 1.76 bits per heavy atom. The highest BCUT2D eigenvalue weighted by Crippen LogP contribution is 2.48. The Labute approximate surface area is 175 Å². The molecule has 1 unspecified atom stereocenters. The van der Waals surface area contributed by atoms with Crippen molar-refractivity contribution in [2.45, 2.75) is 60.2 Å². The monoisotopic (exact) mass is 433 g/mol. The highest BCUT2D eigenvalue weighted by Gasteiger charge is 2.39. The molecule has 0 radical (unpaired) electrons. The van der Waals surface area contributed by atoms with Crippen LogP contribution >= 0.6 is 7.82 Å². The first-order valence-electron chi connectivity index (χ1n) is 9.51. The summed E-state index contributed by atoms with van der Waals surface area (Å²) in [6.45, 7) is 9.22. The van der Waals surface area contributed by atoms with E-state index >= 15 is 0 Å². The molecule has 0 spiro atoms. The molecule has 1 rings (SSSR count). The van der Waals surface area contributed by atoms with Crippen LogP contribution in [0.2, 0.25) is 0 Å². The van der Waals surface area contributed by atoms with E-state index in [1.54, 1.807) is 45.0 Å². The van der Waals surface area contributed by atoms with Crippen molar-refractivity contribution in [3.8, 4) is 0 Å². The van der Waals surface area contributed by atoms with Gasteiger partial charge in [-0.05, 0) is 11.0 Å². The van der Waals surface area contributed by atoms with E-state index in [1.807, 2.05) is 6.07 Å². The van der Waals surface area contributed by atoms with Gasteiger partial charge in [0.1, 0.15) is 0 Å². The van der Waals surface area contributed by atoms with Crippen molar-refractivity contribution in [3.63, 3.8) is 0 Å². The minimum atomic E-state index is -4.47. The van der Waals surface area contributed by atoms with Gasteiger partial charge in [-0.3, -0.25) is 18.6 Å². The van der Waals surface area contributed by atoms with Crippen molar-refractivity contribution >= 4 is 19.7 Å². The minimum Gasteiger partial charge on any atom is -0.469 e. The summed E-state index contributed by atoms with van der Waals surface area (Å²) in [5.74, 6) is -1.09. The van der Waals surface area contributed by atoms with Crippen LogP contribution in [0.1, 0.15) is 54.5 Å². The molecule has 9 heteroatoms. The number of phosphoric ester groups is 1. The lowest BCUT2D eigenvalue weighted by atomic mass is 9.88. The van der Waals surface area contributed by atoms with Gasteiger partial charge in [0.05, 0.1) is 20.1 Å². The van der Waals surface area contributed by atoms with E-state index in [0.29, 0.717) is 5.56 Å². The third-order valence-electron chi connectivity index (χ3n) is 3.36. The SMILES string of the molecule is CCC.COC(=O)CCNC(=O)[C@H](OP(=O)(O)OCc1ccccc1)C(C)(C)C.[HH]. The summed E-state index contributed by atoms with van der Waals surface area (Å²) in [5.41, 5.74) is -0.0793. The fourth-order valence-corrected chi connectivity index (χ4v) is 3.03. The van der Waals surface area contributed by atoms with Crippen molar-refractivity contribution in [2.24, 2.45) is 5.41 Å². The summed E-state index contributed by atoms with van der Waals surface area (Å²) in [7, 11) is -3.23. The Balaban J connectivity index is 0. The van der Waals surface area contributed by atoms with E-state index in [2.05, 4.69) is 23.9 Å². The molecule has 1 aromatic carbocycles. The summed E-state index contributed by atoms with van der Waals surface area (Å²) in [6.07, 6.45) is -0.00724. The lowest BCUT2D eigenvalue weighted by Gasteiger charge is -2.30. The largest absolute Gasteiger partial charge is 0.473 e. The number of carbonyl (C=O) groups is 2. The fourth-order valence-electron chi connectivity index (χ4n) is 1.98. The van der Waals surface area contributed by atoms with Crippen LogP contribution in [-0.4, -0.2) is 36.5 Å². The van der Waals surface area contributed by atoms with E-state index in [-0.39, 0.29) is 21.0 Å². The second-order valence-electron chi connectivity index (χ2n) is 7.40. The standard InChI is InChI=1S/C17H26NO7P.C3H8.H2/c1-17(2,3)15(16(20)18-11-10-14(19)23-4)25-26(21,22)24-12-13-8-6-5-7-9-13;1-3-2;/h5-9,15H,10-12H2,1-4H3,(H,18,20)(H,21,22);3H2,1-2H3;1H/t15-;;/m0../s1. The molecule has 0 saturated heterocycles. The van der Waals surface area contributed by atoms with E-state index in [9.17, 15) is 19.0 Å². The zero-order valence-electron chi connectivity index (χ0n) is 18.1. The summed E-state index contributed by atoms with van der Waals surface area (Å²) in [5, 5.41) is 2.50. The van der Waals surface area contributed by atoms with Crippen molar-refractivity contribution < 1.29 is 34.3 Å². The van der Waals surface area contributed by atoms with Crippen LogP contribution < -0.4 is 5.32 Å². The summed E-state index contributed by atoms with van der Waals surface area (Å²) < 4.78 is 26.8. The third kappa shape index (κ3) is 12.4. The molecule has 0 bridgehead atoms. The zero-order chi connectivity index (χ0) is 22.5. The predicted molar refractivity (Wildman–Crippen MR) is 113 cm³/mol. The molecule has 2 atom stereocenters. The number of benzene rings is 1. The molecule has 0 aliphatic rings. The normalized spacial score (nSPS) is 14.0. The smallest absolute Gasteiger partial charge is 0.469 e. The molecule has 2 N–H and O–H groups in total. The van der Waals surface area contributed by atoms with Crippen LogP contribution in [0.5, 0.6) is 0 Å². The summed E-state index contributed by atoms with van der Waals surface area (Å²) in [4.78, 5) is 33.4. The fraction of sp³-hybridized carbons (Fsp3) is 0.600.